The van der Waals surface area contributed by atoms with Gasteiger partial charge in [0.15, 0.2) is 17.2 Å². The number of carbonyl (C=O) groups is 2. The smallest absolute Gasteiger partial charge is 0.192 e. The fraction of sp³-hybridized carbons (Fsp3) is 0.714. The van der Waals surface area contributed by atoms with Crippen molar-refractivity contribution in [2.75, 3.05) is 6.61 Å². The first-order valence-electron chi connectivity index (χ1n) is 9.74. The maximum absolute atomic E-state index is 12.4. The molecule has 6 nitrogen and oxygen atoms in total. The Labute approximate surface area is 158 Å². The van der Waals surface area contributed by atoms with Crippen LogP contribution in [-0.4, -0.2) is 56.4 Å². The number of carbonyl (C=O) groups excluding carboxylic acids is 2. The molecule has 0 aromatic heterocycles. The number of aliphatic hydroxyl groups is 4. The van der Waals surface area contributed by atoms with Crippen LogP contribution in [0.5, 0.6) is 0 Å². The predicted molar refractivity (Wildman–Crippen MR) is 96.4 cm³/mol. The monoisotopic (exact) mass is 376 g/mol. The average molecular weight is 376 g/mol. The molecule has 0 aromatic carbocycles. The fourth-order valence-corrected chi connectivity index (χ4v) is 6.87. The second-order valence-corrected chi connectivity index (χ2v) is 9.31. The molecule has 4 aliphatic carbocycles. The Morgan fingerprint density at radius 2 is 2.00 bits per heavy atom. The van der Waals surface area contributed by atoms with Crippen LogP contribution in [0.2, 0.25) is 0 Å². The van der Waals surface area contributed by atoms with Crippen LogP contribution in [0.4, 0.5) is 0 Å². The Kier molecular flexibility index (Phi) is 4.10. The van der Waals surface area contributed by atoms with Crippen molar-refractivity contribution in [1.82, 2.24) is 0 Å². The molecule has 0 radical (unpaired) electrons. The van der Waals surface area contributed by atoms with Crippen molar-refractivity contribution >= 4 is 11.6 Å². The largest absolute Gasteiger partial charge is 0.393 e. The Morgan fingerprint density at radius 1 is 1.30 bits per heavy atom. The molecule has 0 amide bonds. The van der Waals surface area contributed by atoms with Gasteiger partial charge in [-0.1, -0.05) is 31.6 Å². The van der Waals surface area contributed by atoms with E-state index in [2.05, 4.69) is 6.08 Å². The summed E-state index contributed by atoms with van der Waals surface area (Å²) in [6.07, 6.45) is 4.94. The molecule has 27 heavy (non-hydrogen) atoms. The van der Waals surface area contributed by atoms with Gasteiger partial charge in [0.1, 0.15) is 6.61 Å². The number of hydrogen-bond donors (Lipinski definition) is 4. The zero-order valence-corrected chi connectivity index (χ0v) is 15.8. The second-order valence-electron chi connectivity index (χ2n) is 9.31. The lowest BCUT2D eigenvalue weighted by Crippen LogP contribution is -2.63. The number of Topliss-reactive ketones (excluding diaryl/α,β-unsaturated/α-hetero) is 1. The maximum atomic E-state index is 12.4. The minimum Gasteiger partial charge on any atom is -0.393 e. The molecule has 2 fully saturated rings. The van der Waals surface area contributed by atoms with Crippen LogP contribution in [0.15, 0.2) is 23.8 Å². The Bertz CT molecular complexity index is 756. The normalized spacial score (nSPS) is 51.3. The van der Waals surface area contributed by atoms with E-state index in [4.69, 9.17) is 0 Å². The van der Waals surface area contributed by atoms with Gasteiger partial charge in [-0.25, -0.2) is 0 Å². The summed E-state index contributed by atoms with van der Waals surface area (Å²) in [5.74, 6) is -1.06. The number of fused-ring (bicyclic) bond motifs is 5. The molecule has 0 aliphatic heterocycles. The van der Waals surface area contributed by atoms with Crippen molar-refractivity contribution in [3.63, 3.8) is 0 Å². The highest BCUT2D eigenvalue weighted by Gasteiger charge is 2.71. The van der Waals surface area contributed by atoms with Crippen LogP contribution < -0.4 is 0 Å². The van der Waals surface area contributed by atoms with Crippen LogP contribution >= 0.6 is 0 Å². The van der Waals surface area contributed by atoms with Gasteiger partial charge in [-0.05, 0) is 37.2 Å². The Hall–Kier alpha value is -1.34. The van der Waals surface area contributed by atoms with Gasteiger partial charge in [-0.3, -0.25) is 9.59 Å². The molecule has 4 N–H and O–H groups in total. The number of hydrogen-bond acceptors (Lipinski definition) is 6. The van der Waals surface area contributed by atoms with E-state index in [9.17, 15) is 30.0 Å². The summed E-state index contributed by atoms with van der Waals surface area (Å²) >= 11 is 0. The van der Waals surface area contributed by atoms with Crippen LogP contribution in [-0.2, 0) is 9.59 Å². The molecule has 0 bridgehead atoms. The Morgan fingerprint density at radius 3 is 2.67 bits per heavy atom. The summed E-state index contributed by atoms with van der Waals surface area (Å²) in [7, 11) is 0. The van der Waals surface area contributed by atoms with Crippen LogP contribution in [0.3, 0.4) is 0 Å². The van der Waals surface area contributed by atoms with Crippen molar-refractivity contribution in [1.29, 1.82) is 0 Å². The lowest BCUT2D eigenvalue weighted by Gasteiger charge is -2.58. The summed E-state index contributed by atoms with van der Waals surface area (Å²) in [4.78, 5) is 24.3. The van der Waals surface area contributed by atoms with Gasteiger partial charge in [-0.2, -0.15) is 0 Å². The minimum atomic E-state index is -2.05. The Balaban J connectivity index is 1.79. The highest BCUT2D eigenvalue weighted by Crippen LogP contribution is 2.66. The van der Waals surface area contributed by atoms with Crippen molar-refractivity contribution in [3.8, 4) is 0 Å². The molecule has 0 heterocycles. The van der Waals surface area contributed by atoms with E-state index in [1.807, 2.05) is 13.0 Å². The number of ketones is 2. The quantitative estimate of drug-likeness (QED) is 0.523. The van der Waals surface area contributed by atoms with E-state index in [-0.39, 0.29) is 36.4 Å². The van der Waals surface area contributed by atoms with E-state index >= 15 is 0 Å². The molecule has 8 atom stereocenters. The molecule has 0 spiro atoms. The van der Waals surface area contributed by atoms with Crippen LogP contribution in [0, 0.1) is 28.6 Å². The number of rotatable bonds is 2. The first kappa shape index (κ1) is 19.0. The van der Waals surface area contributed by atoms with E-state index in [0.29, 0.717) is 12.8 Å². The SMILES string of the molecule is CC12C=CC(=O)CC1=CCC1C2C(O)CC2(C)C1CC(O)C2(O)C(=O)CO. The topological polar surface area (TPSA) is 115 Å². The van der Waals surface area contributed by atoms with E-state index in [0.717, 1.165) is 5.57 Å². The molecule has 148 valence electrons. The predicted octanol–water partition coefficient (Wildman–Crippen LogP) is 0.528. The van der Waals surface area contributed by atoms with Gasteiger partial charge < -0.3 is 20.4 Å². The second kappa shape index (κ2) is 5.83. The summed E-state index contributed by atoms with van der Waals surface area (Å²) < 4.78 is 0. The third-order valence-corrected chi connectivity index (χ3v) is 8.24. The summed E-state index contributed by atoms with van der Waals surface area (Å²) in [5.41, 5.74) is -2.48. The lowest BCUT2D eigenvalue weighted by atomic mass is 9.47. The zero-order valence-electron chi connectivity index (χ0n) is 15.8. The molecular formula is C21H28O6. The van der Waals surface area contributed by atoms with Crippen molar-refractivity contribution in [3.05, 3.63) is 23.8 Å². The van der Waals surface area contributed by atoms with E-state index < -0.39 is 41.0 Å². The molecule has 0 saturated heterocycles. The van der Waals surface area contributed by atoms with E-state index in [1.165, 1.54) is 0 Å². The van der Waals surface area contributed by atoms with Gasteiger partial charge in [0.25, 0.3) is 0 Å². The third-order valence-electron chi connectivity index (χ3n) is 8.24. The van der Waals surface area contributed by atoms with Crippen LogP contribution in [0.25, 0.3) is 0 Å². The van der Waals surface area contributed by atoms with Gasteiger partial charge in [0.05, 0.1) is 12.2 Å². The van der Waals surface area contributed by atoms with Crippen molar-refractivity contribution in [2.45, 2.75) is 57.3 Å². The van der Waals surface area contributed by atoms with Gasteiger partial charge in [-0.15, -0.1) is 0 Å². The van der Waals surface area contributed by atoms with E-state index in [1.54, 1.807) is 13.0 Å². The van der Waals surface area contributed by atoms with Gasteiger partial charge in [0.2, 0.25) is 0 Å². The fourth-order valence-electron chi connectivity index (χ4n) is 6.87. The van der Waals surface area contributed by atoms with Gasteiger partial charge >= 0.3 is 0 Å². The van der Waals surface area contributed by atoms with Crippen molar-refractivity contribution in [2.24, 2.45) is 28.6 Å². The van der Waals surface area contributed by atoms with Crippen LogP contribution in [0.1, 0.15) is 39.5 Å². The highest BCUT2D eigenvalue weighted by atomic mass is 16.4. The first-order valence-corrected chi connectivity index (χ1v) is 9.74. The standard InChI is InChI=1S/C21H28O6/c1-19-6-5-12(23)7-11(19)3-4-13-14-8-16(25)21(27,17(26)10-22)20(14,2)9-15(24)18(13)19/h3,5-6,13-16,18,22,24-25,27H,4,7-10H2,1-2H3. The minimum absolute atomic E-state index is 0.0273. The zero-order chi connectivity index (χ0) is 19.8. The molecular weight excluding hydrogens is 348 g/mol. The molecule has 8 unspecified atom stereocenters. The summed E-state index contributed by atoms with van der Waals surface area (Å²) in [5, 5.41) is 42.3. The average Bonchev–Trinajstić information content (AvgIpc) is 2.82. The molecule has 2 saturated carbocycles. The highest BCUT2D eigenvalue weighted by molar-refractivity contribution is 5.93. The number of allylic oxidation sites excluding steroid dienone is 4. The lowest BCUT2D eigenvalue weighted by molar-refractivity contribution is -0.188. The molecule has 0 aromatic rings. The number of aliphatic hydroxyl groups excluding tert-OH is 3. The summed E-state index contributed by atoms with van der Waals surface area (Å²) in [6, 6.07) is 0. The summed E-state index contributed by atoms with van der Waals surface area (Å²) in [6.45, 7) is 2.95. The third kappa shape index (κ3) is 2.21. The van der Waals surface area contributed by atoms with Gasteiger partial charge in [0, 0.05) is 23.2 Å². The molecule has 4 rings (SSSR count). The maximum Gasteiger partial charge on any atom is 0.192 e. The van der Waals surface area contributed by atoms with Crippen molar-refractivity contribution < 1.29 is 30.0 Å². The molecule has 6 heteroatoms. The molecule has 4 aliphatic rings. The first-order chi connectivity index (χ1) is 12.6.